The highest BCUT2D eigenvalue weighted by Gasteiger charge is 2.19. The zero-order valence-corrected chi connectivity index (χ0v) is 14.1. The molecule has 0 aliphatic heterocycles. The normalized spacial score (nSPS) is 11.6. The van der Waals surface area contributed by atoms with Gasteiger partial charge in [0.2, 0.25) is 5.09 Å². The molecular weight excluding hydrogens is 358 g/mol. The van der Waals surface area contributed by atoms with Gasteiger partial charge >= 0.3 is 0 Å². The summed E-state index contributed by atoms with van der Waals surface area (Å²) in [5, 5.41) is 2.94. The van der Waals surface area contributed by atoms with E-state index in [1.165, 1.54) is 6.07 Å². The quantitative estimate of drug-likeness (QED) is 0.812. The van der Waals surface area contributed by atoms with Crippen LogP contribution in [0.1, 0.15) is 18.4 Å². The minimum Gasteiger partial charge on any atom is -0.446 e. The minimum absolute atomic E-state index is 0.127. The lowest BCUT2D eigenvalue weighted by molar-refractivity contribution is 0.405. The number of nitrogens with one attached hydrogen (secondary N) is 2. The van der Waals surface area contributed by atoms with Crippen molar-refractivity contribution in [1.29, 1.82) is 0 Å². The molecule has 0 atom stereocenters. The van der Waals surface area contributed by atoms with Crippen molar-refractivity contribution in [2.45, 2.75) is 25.5 Å². The molecule has 8 heteroatoms. The van der Waals surface area contributed by atoms with E-state index in [1.807, 2.05) is 6.92 Å². The van der Waals surface area contributed by atoms with Gasteiger partial charge in [-0.15, -0.1) is 0 Å². The fourth-order valence-electron chi connectivity index (χ4n) is 1.63. The number of rotatable bonds is 6. The lowest BCUT2D eigenvalue weighted by Gasteiger charge is -2.06. The highest BCUT2D eigenvalue weighted by atomic mass is 79.9. The fraction of sp³-hybridized carbons (Fsp3) is 0.308. The monoisotopic (exact) mass is 373 g/mol. The molecule has 0 saturated heterocycles. The lowest BCUT2D eigenvalue weighted by atomic mass is 10.4. The molecule has 0 saturated carbocycles. The number of anilines is 1. The van der Waals surface area contributed by atoms with Gasteiger partial charge in [-0.2, -0.15) is 8.42 Å². The summed E-state index contributed by atoms with van der Waals surface area (Å²) in [5.74, 6) is 0.817. The molecule has 2 aromatic rings. The molecule has 0 fully saturated rings. The van der Waals surface area contributed by atoms with E-state index < -0.39 is 10.0 Å². The van der Waals surface area contributed by atoms with Crippen LogP contribution >= 0.6 is 15.9 Å². The maximum Gasteiger partial charge on any atom is 0.296 e. The van der Waals surface area contributed by atoms with Crippen molar-refractivity contribution in [2.24, 2.45) is 0 Å². The van der Waals surface area contributed by atoms with Crippen LogP contribution in [0.3, 0.4) is 0 Å². The van der Waals surface area contributed by atoms with Crippen LogP contribution in [0.2, 0.25) is 0 Å². The number of hydrogen-bond donors (Lipinski definition) is 2. The Labute approximate surface area is 132 Å². The third-order valence-corrected chi connectivity index (χ3v) is 4.78. The molecule has 2 N–H and O–H groups in total. The molecule has 0 aliphatic carbocycles. The zero-order valence-electron chi connectivity index (χ0n) is 11.7. The second kappa shape index (κ2) is 6.59. The van der Waals surface area contributed by atoms with Crippen LogP contribution in [-0.4, -0.2) is 19.9 Å². The minimum atomic E-state index is -3.77. The van der Waals surface area contributed by atoms with E-state index in [2.05, 4.69) is 31.0 Å². The Morgan fingerprint density at radius 1 is 1.29 bits per heavy atom. The van der Waals surface area contributed by atoms with Gasteiger partial charge in [0.25, 0.3) is 10.0 Å². The summed E-state index contributed by atoms with van der Waals surface area (Å²) in [7, 11) is -3.77. The van der Waals surface area contributed by atoms with Crippen molar-refractivity contribution >= 4 is 31.8 Å². The Kier molecular flexibility index (Phi) is 5.02. The number of nitrogens with zero attached hydrogens (tertiary/aromatic N) is 1. The van der Waals surface area contributed by atoms with Crippen LogP contribution in [0.25, 0.3) is 0 Å². The topological polar surface area (TPSA) is 84.2 Å². The zero-order chi connectivity index (χ0) is 15.5. The Balaban J connectivity index is 2.17. The highest BCUT2D eigenvalue weighted by Crippen LogP contribution is 2.20. The highest BCUT2D eigenvalue weighted by molar-refractivity contribution is 9.10. The van der Waals surface area contributed by atoms with Crippen LogP contribution < -0.4 is 10.0 Å². The largest absolute Gasteiger partial charge is 0.446 e. The summed E-state index contributed by atoms with van der Waals surface area (Å²) in [6, 6.07) is 6.38. The maximum absolute atomic E-state index is 12.2. The molecule has 114 valence electrons. The number of aromatic nitrogens is 1. The van der Waals surface area contributed by atoms with Crippen LogP contribution in [0, 0.1) is 6.92 Å². The number of hydrogen-bond acceptors (Lipinski definition) is 5. The first-order chi connectivity index (χ1) is 9.92. The van der Waals surface area contributed by atoms with Crippen LogP contribution in [0.15, 0.2) is 38.2 Å². The number of furan rings is 1. The van der Waals surface area contributed by atoms with Gasteiger partial charge in [0.05, 0.1) is 12.2 Å². The van der Waals surface area contributed by atoms with E-state index in [0.29, 0.717) is 18.0 Å². The average Bonchev–Trinajstić information content (AvgIpc) is 2.90. The molecule has 2 aromatic heterocycles. The molecule has 0 bridgehead atoms. The van der Waals surface area contributed by atoms with E-state index in [4.69, 9.17) is 4.42 Å². The van der Waals surface area contributed by atoms with E-state index in [0.717, 1.165) is 11.0 Å². The number of aryl methyl sites for hydroxylation is 1. The number of halogens is 1. The van der Waals surface area contributed by atoms with Crippen molar-refractivity contribution < 1.29 is 12.8 Å². The SMILES string of the molecule is CCNCc1ccc(S(=O)(=O)Nc2ccc(Br)c(C)n2)o1. The first-order valence-electron chi connectivity index (χ1n) is 6.38. The third-order valence-electron chi connectivity index (χ3n) is 2.71. The summed E-state index contributed by atoms with van der Waals surface area (Å²) >= 11 is 3.32. The van der Waals surface area contributed by atoms with Gasteiger partial charge in [-0.05, 0) is 53.7 Å². The van der Waals surface area contributed by atoms with Crippen molar-refractivity contribution in [2.75, 3.05) is 11.3 Å². The Morgan fingerprint density at radius 3 is 2.71 bits per heavy atom. The first kappa shape index (κ1) is 16.0. The number of pyridine rings is 1. The molecular formula is C13H16BrN3O3S. The van der Waals surface area contributed by atoms with Crippen LogP contribution in [-0.2, 0) is 16.6 Å². The second-order valence-electron chi connectivity index (χ2n) is 4.37. The van der Waals surface area contributed by atoms with Gasteiger partial charge in [-0.1, -0.05) is 6.92 Å². The average molecular weight is 374 g/mol. The molecule has 21 heavy (non-hydrogen) atoms. The van der Waals surface area contributed by atoms with E-state index >= 15 is 0 Å². The van der Waals surface area contributed by atoms with Crippen molar-refractivity contribution in [3.8, 4) is 0 Å². The Hall–Kier alpha value is -1.38. The third kappa shape index (κ3) is 4.05. The predicted molar refractivity (Wildman–Crippen MR) is 83.6 cm³/mol. The standard InChI is InChI=1S/C13H16BrN3O3S/c1-3-15-8-10-4-7-13(20-10)21(18,19)17-12-6-5-11(14)9(2)16-12/h4-7,15H,3,8H2,1-2H3,(H,16,17). The van der Waals surface area contributed by atoms with Gasteiger partial charge in [0.1, 0.15) is 11.6 Å². The lowest BCUT2D eigenvalue weighted by Crippen LogP contribution is -2.14. The molecule has 0 radical (unpaired) electrons. The smallest absolute Gasteiger partial charge is 0.296 e. The molecule has 6 nitrogen and oxygen atoms in total. The summed E-state index contributed by atoms with van der Waals surface area (Å²) in [6.45, 7) is 5.01. The number of sulfonamides is 1. The van der Waals surface area contributed by atoms with Gasteiger partial charge in [-0.25, -0.2) is 4.98 Å². The van der Waals surface area contributed by atoms with Gasteiger partial charge < -0.3 is 9.73 Å². The fourth-order valence-corrected chi connectivity index (χ4v) is 2.81. The molecule has 0 unspecified atom stereocenters. The molecule has 0 spiro atoms. The van der Waals surface area contributed by atoms with Crippen molar-refractivity contribution in [1.82, 2.24) is 10.3 Å². The Bertz CT molecular complexity index is 728. The van der Waals surface area contributed by atoms with Crippen LogP contribution in [0.4, 0.5) is 5.82 Å². The first-order valence-corrected chi connectivity index (χ1v) is 8.65. The maximum atomic E-state index is 12.2. The van der Waals surface area contributed by atoms with Gasteiger partial charge in [0, 0.05) is 4.47 Å². The van der Waals surface area contributed by atoms with Crippen LogP contribution in [0.5, 0.6) is 0 Å². The van der Waals surface area contributed by atoms with E-state index in [-0.39, 0.29) is 10.9 Å². The predicted octanol–water partition coefficient (Wildman–Crippen LogP) is 2.66. The van der Waals surface area contributed by atoms with Gasteiger partial charge in [0.15, 0.2) is 0 Å². The van der Waals surface area contributed by atoms with Gasteiger partial charge in [-0.3, -0.25) is 4.72 Å². The summed E-state index contributed by atoms with van der Waals surface area (Å²) in [6.07, 6.45) is 0. The van der Waals surface area contributed by atoms with E-state index in [9.17, 15) is 8.42 Å². The molecule has 0 aromatic carbocycles. The van der Waals surface area contributed by atoms with Crippen molar-refractivity contribution in [3.05, 3.63) is 40.2 Å². The summed E-state index contributed by atoms with van der Waals surface area (Å²) in [5.41, 5.74) is 0.697. The molecule has 2 heterocycles. The molecule has 0 amide bonds. The molecule has 2 rings (SSSR count). The molecule has 0 aliphatic rings. The summed E-state index contributed by atoms with van der Waals surface area (Å²) < 4.78 is 33.0. The van der Waals surface area contributed by atoms with Crippen molar-refractivity contribution in [3.63, 3.8) is 0 Å². The van der Waals surface area contributed by atoms with E-state index in [1.54, 1.807) is 25.1 Å². The second-order valence-corrected chi connectivity index (χ2v) is 6.84. The summed E-state index contributed by atoms with van der Waals surface area (Å²) in [4.78, 5) is 4.15. The Morgan fingerprint density at radius 2 is 2.05 bits per heavy atom.